The number of imide groups is 2. The molecule has 4 aromatic rings. The first-order chi connectivity index (χ1) is 31.4. The summed E-state index contributed by atoms with van der Waals surface area (Å²) >= 11 is 0. The van der Waals surface area contributed by atoms with Crippen LogP contribution in [0.2, 0.25) is 0 Å². The van der Waals surface area contributed by atoms with Gasteiger partial charge in [0.2, 0.25) is 23.6 Å². The van der Waals surface area contributed by atoms with Crippen LogP contribution in [0.15, 0.2) is 109 Å². The number of nitrogens with one attached hydrogen (secondary N) is 4. The van der Waals surface area contributed by atoms with E-state index in [0.29, 0.717) is 35.4 Å². The van der Waals surface area contributed by atoms with E-state index in [9.17, 15) is 41.9 Å². The Morgan fingerprint density at radius 3 is 2.23 bits per heavy atom. The second-order valence-electron chi connectivity index (χ2n) is 16.6. The summed E-state index contributed by atoms with van der Waals surface area (Å²) in [7, 11) is 0. The highest BCUT2D eigenvalue weighted by Crippen LogP contribution is 2.36. The van der Waals surface area contributed by atoms with E-state index in [1.54, 1.807) is 42.5 Å². The van der Waals surface area contributed by atoms with Gasteiger partial charge in [-0.15, -0.1) is 0 Å². The number of unbranched alkanes of at least 4 members (excludes halogenated alkanes) is 7. The molecule has 2 fully saturated rings. The van der Waals surface area contributed by atoms with E-state index in [1.165, 1.54) is 12.1 Å². The van der Waals surface area contributed by atoms with Gasteiger partial charge in [-0.05, 0) is 90.9 Å². The third-order valence-electron chi connectivity index (χ3n) is 11.9. The Hall–Kier alpha value is -6.61. The first-order valence-electron chi connectivity index (χ1n) is 22.2. The van der Waals surface area contributed by atoms with Crippen molar-refractivity contribution in [3.05, 3.63) is 131 Å². The Labute approximate surface area is 375 Å². The van der Waals surface area contributed by atoms with Crippen LogP contribution < -0.4 is 26.0 Å². The fraction of sp³-hybridized carbons (Fsp3) is 0.360. The number of carbonyl (C=O) groups is 6. The zero-order valence-corrected chi connectivity index (χ0v) is 35.9. The molecule has 0 radical (unpaired) electrons. The zero-order chi connectivity index (χ0) is 45.9. The van der Waals surface area contributed by atoms with Crippen LogP contribution in [-0.4, -0.2) is 65.5 Å². The first-order valence-corrected chi connectivity index (χ1v) is 22.2. The highest BCUT2D eigenvalue weighted by Gasteiger charge is 2.51. The molecule has 7 rings (SSSR count). The van der Waals surface area contributed by atoms with Crippen molar-refractivity contribution in [3.8, 4) is 11.5 Å². The lowest BCUT2D eigenvalue weighted by atomic mass is 9.89. The Balaban J connectivity index is 0.738. The van der Waals surface area contributed by atoms with Crippen molar-refractivity contribution in [1.82, 2.24) is 26.2 Å². The number of allylic oxidation sites excluding steroid dienone is 2. The van der Waals surface area contributed by atoms with Gasteiger partial charge in [-0.1, -0.05) is 93.2 Å². The van der Waals surface area contributed by atoms with E-state index in [1.807, 2.05) is 36.4 Å². The standard InChI is InChI=1S/C50H52F3N5O7/c51-50(52,53)36-19-21-37(22-20-36)65-42-17-10-14-34-30-35(18-23-38(34)42)46(61)56-31-33-13-9-12-32(28-33)29-44(60)55-27-8-6-4-2-1-3-5-7-26-54-40-16-11-15-39-45(40)49(64)58(48(39)63)41-24-25-43(59)57-47(41)62/h9-23,28,30,40-41,45,54H,1-8,24-27,29,31H2,(H,55,60)(H,56,61)(H,57,59,62). The van der Waals surface area contributed by atoms with Gasteiger partial charge in [0.1, 0.15) is 17.5 Å². The molecule has 2 saturated heterocycles. The average molecular weight is 892 g/mol. The summed E-state index contributed by atoms with van der Waals surface area (Å²) in [5.41, 5.74) is 1.74. The number of carbonyl (C=O) groups excluding carboxylic acids is 6. The van der Waals surface area contributed by atoms with E-state index in [2.05, 4.69) is 21.3 Å². The zero-order valence-electron chi connectivity index (χ0n) is 35.9. The molecule has 340 valence electrons. The van der Waals surface area contributed by atoms with Gasteiger partial charge >= 0.3 is 6.18 Å². The lowest BCUT2D eigenvalue weighted by Gasteiger charge is -2.28. The summed E-state index contributed by atoms with van der Waals surface area (Å²) in [5, 5.41) is 13.0. The van der Waals surface area contributed by atoms with Crippen LogP contribution in [0, 0.1) is 5.92 Å². The topological polar surface area (TPSA) is 163 Å². The molecular formula is C50H52F3N5O7. The third-order valence-corrected chi connectivity index (χ3v) is 11.9. The van der Waals surface area contributed by atoms with Gasteiger partial charge in [0.25, 0.3) is 11.8 Å². The van der Waals surface area contributed by atoms with E-state index in [-0.39, 0.29) is 49.4 Å². The largest absolute Gasteiger partial charge is 0.457 e. The minimum atomic E-state index is -4.44. The predicted molar refractivity (Wildman–Crippen MR) is 237 cm³/mol. The molecule has 2 heterocycles. The highest BCUT2D eigenvalue weighted by molar-refractivity contribution is 6.18. The molecule has 0 bridgehead atoms. The van der Waals surface area contributed by atoms with Gasteiger partial charge in [-0.3, -0.25) is 39.0 Å². The van der Waals surface area contributed by atoms with Crippen molar-refractivity contribution in [2.24, 2.45) is 5.92 Å². The second kappa shape index (κ2) is 21.4. The lowest BCUT2D eigenvalue weighted by molar-refractivity contribution is -0.151. The summed E-state index contributed by atoms with van der Waals surface area (Å²) in [4.78, 5) is 77.3. The summed E-state index contributed by atoms with van der Waals surface area (Å²) in [6.45, 7) is 1.55. The quantitative estimate of drug-likeness (QED) is 0.0521. The average Bonchev–Trinajstić information content (AvgIpc) is 3.54. The van der Waals surface area contributed by atoms with E-state index < -0.39 is 47.3 Å². The number of ether oxygens (including phenoxy) is 1. The first kappa shape index (κ1) is 46.4. The summed E-state index contributed by atoms with van der Waals surface area (Å²) in [6.07, 6.45) is 9.50. The number of fused-ring (bicyclic) bond motifs is 2. The summed E-state index contributed by atoms with van der Waals surface area (Å²) in [5.74, 6) is -2.20. The van der Waals surface area contributed by atoms with Gasteiger partial charge in [-0.2, -0.15) is 13.2 Å². The number of hydrogen-bond donors (Lipinski definition) is 4. The van der Waals surface area contributed by atoms with Gasteiger partial charge in [-0.25, -0.2) is 0 Å². The number of benzene rings is 4. The third kappa shape index (κ3) is 11.9. The molecule has 4 aromatic carbocycles. The number of nitrogens with zero attached hydrogens (tertiary/aromatic N) is 1. The molecule has 15 heteroatoms. The van der Waals surface area contributed by atoms with Crippen molar-refractivity contribution in [1.29, 1.82) is 0 Å². The fourth-order valence-corrected chi connectivity index (χ4v) is 8.49. The minimum Gasteiger partial charge on any atom is -0.457 e. The normalized spacial score (nSPS) is 18.4. The van der Waals surface area contributed by atoms with E-state index >= 15 is 0 Å². The van der Waals surface area contributed by atoms with Crippen LogP contribution in [0.1, 0.15) is 91.3 Å². The Bertz CT molecular complexity index is 2480. The smallest absolute Gasteiger partial charge is 0.416 e. The van der Waals surface area contributed by atoms with Crippen LogP contribution in [0.25, 0.3) is 10.8 Å². The number of amides is 6. The van der Waals surface area contributed by atoms with Crippen molar-refractivity contribution >= 4 is 46.2 Å². The molecule has 0 aromatic heterocycles. The number of halogens is 3. The molecule has 3 unspecified atom stereocenters. The highest BCUT2D eigenvalue weighted by atomic mass is 19.4. The van der Waals surface area contributed by atoms with Crippen molar-refractivity contribution in [2.75, 3.05) is 13.1 Å². The molecule has 6 amide bonds. The molecular weight excluding hydrogens is 840 g/mol. The van der Waals surface area contributed by atoms with Crippen molar-refractivity contribution in [3.63, 3.8) is 0 Å². The molecule has 12 nitrogen and oxygen atoms in total. The maximum Gasteiger partial charge on any atom is 0.416 e. The van der Waals surface area contributed by atoms with Crippen LogP contribution in [-0.2, 0) is 43.1 Å². The molecule has 65 heavy (non-hydrogen) atoms. The monoisotopic (exact) mass is 891 g/mol. The van der Waals surface area contributed by atoms with Gasteiger partial charge < -0.3 is 20.7 Å². The maximum atomic E-state index is 13.3. The van der Waals surface area contributed by atoms with Crippen LogP contribution in [0.5, 0.6) is 11.5 Å². The molecule has 0 spiro atoms. The maximum absolute atomic E-state index is 13.3. The number of piperidine rings is 1. The molecule has 4 N–H and O–H groups in total. The summed E-state index contributed by atoms with van der Waals surface area (Å²) in [6, 6.07) is 21.1. The van der Waals surface area contributed by atoms with Crippen LogP contribution >= 0.6 is 0 Å². The predicted octanol–water partition coefficient (Wildman–Crippen LogP) is 7.61. The van der Waals surface area contributed by atoms with E-state index in [0.717, 1.165) is 84.9 Å². The Kier molecular flexibility index (Phi) is 15.3. The molecule has 3 aliphatic rings. The number of likely N-dealkylation sites (tertiary alicyclic amines) is 1. The van der Waals surface area contributed by atoms with Gasteiger partial charge in [0.15, 0.2) is 0 Å². The van der Waals surface area contributed by atoms with Gasteiger partial charge in [0, 0.05) is 42.1 Å². The van der Waals surface area contributed by atoms with Gasteiger partial charge in [0.05, 0.1) is 17.9 Å². The number of rotatable bonds is 20. The molecule has 0 saturated carbocycles. The molecule has 1 aliphatic carbocycles. The Morgan fingerprint density at radius 1 is 0.785 bits per heavy atom. The Morgan fingerprint density at radius 2 is 1.49 bits per heavy atom. The summed E-state index contributed by atoms with van der Waals surface area (Å²) < 4.78 is 44.8. The van der Waals surface area contributed by atoms with Crippen LogP contribution in [0.3, 0.4) is 0 Å². The molecule has 2 aliphatic heterocycles. The molecule has 3 atom stereocenters. The minimum absolute atomic E-state index is 0.0656. The van der Waals surface area contributed by atoms with Crippen molar-refractivity contribution < 1.29 is 46.7 Å². The van der Waals surface area contributed by atoms with Crippen molar-refractivity contribution in [2.45, 2.75) is 95.4 Å². The second-order valence-corrected chi connectivity index (χ2v) is 16.6. The number of alkyl halides is 3. The van der Waals surface area contributed by atoms with E-state index in [4.69, 9.17) is 4.74 Å². The fourth-order valence-electron chi connectivity index (χ4n) is 8.49. The lowest BCUT2D eigenvalue weighted by Crippen LogP contribution is -2.55. The SMILES string of the molecule is O=C(Cc1cccc(CNC(=O)c2ccc3c(Oc4ccc(C(F)(F)F)cc4)cccc3c2)c1)NCCCCCCCCCCNC1C=CC=C2C(=O)N(C3CCC(=O)NC3=O)C(=O)C21. The number of hydrogen-bond acceptors (Lipinski definition) is 8. The van der Waals surface area contributed by atoms with Crippen LogP contribution in [0.4, 0.5) is 13.2 Å².